The van der Waals surface area contributed by atoms with Gasteiger partial charge in [0.1, 0.15) is 0 Å². The molecule has 1 aliphatic rings. The van der Waals surface area contributed by atoms with Crippen LogP contribution in [0, 0.1) is 5.92 Å². The van der Waals surface area contributed by atoms with Crippen molar-refractivity contribution in [3.63, 3.8) is 0 Å². The highest BCUT2D eigenvalue weighted by atomic mass is 79.9. The molecule has 0 radical (unpaired) electrons. The second-order valence-electron chi connectivity index (χ2n) is 5.80. The van der Waals surface area contributed by atoms with Crippen molar-refractivity contribution < 1.29 is 14.3 Å². The lowest BCUT2D eigenvalue weighted by molar-refractivity contribution is -0.130. The number of benzene rings is 1. The fourth-order valence-electron chi connectivity index (χ4n) is 2.98. The van der Waals surface area contributed by atoms with E-state index in [0.29, 0.717) is 12.8 Å². The minimum absolute atomic E-state index is 0.00242. The molecule has 2 unspecified atom stereocenters. The van der Waals surface area contributed by atoms with Gasteiger partial charge >= 0.3 is 0 Å². The maximum absolute atomic E-state index is 12.6. The van der Waals surface area contributed by atoms with Crippen LogP contribution in [0.15, 0.2) is 30.3 Å². The van der Waals surface area contributed by atoms with E-state index in [4.69, 9.17) is 9.47 Å². The summed E-state index contributed by atoms with van der Waals surface area (Å²) < 4.78 is 11.0. The molecule has 122 valence electrons. The van der Waals surface area contributed by atoms with Gasteiger partial charge in [-0.05, 0) is 25.3 Å². The summed E-state index contributed by atoms with van der Waals surface area (Å²) in [6, 6.07) is 9.98. The number of rotatable bonds is 5. The highest BCUT2D eigenvalue weighted by molar-refractivity contribution is 9.09. The van der Waals surface area contributed by atoms with Crippen LogP contribution in [-0.4, -0.2) is 37.2 Å². The topological polar surface area (TPSA) is 47.6 Å². The molecule has 1 aliphatic carbocycles. The smallest absolute Gasteiger partial charge is 0.223 e. The molecule has 1 aromatic rings. The van der Waals surface area contributed by atoms with Gasteiger partial charge in [-0.1, -0.05) is 46.3 Å². The van der Waals surface area contributed by atoms with Crippen molar-refractivity contribution in [3.05, 3.63) is 35.9 Å². The number of amides is 1. The van der Waals surface area contributed by atoms with Crippen LogP contribution >= 0.6 is 15.9 Å². The summed E-state index contributed by atoms with van der Waals surface area (Å²) in [5, 5.41) is 3.10. The first-order valence-electron chi connectivity index (χ1n) is 7.61. The largest absolute Gasteiger partial charge is 0.380 e. The molecule has 1 N–H and O–H groups in total. The Bertz CT molecular complexity index is 468. The van der Waals surface area contributed by atoms with Crippen LogP contribution in [-0.2, 0) is 14.3 Å². The first-order valence-corrected chi connectivity index (χ1v) is 8.53. The van der Waals surface area contributed by atoms with Gasteiger partial charge in [0, 0.05) is 20.1 Å². The molecule has 0 heterocycles. The predicted octanol–water partition coefficient (Wildman–Crippen LogP) is 3.07. The predicted molar refractivity (Wildman–Crippen MR) is 90.0 cm³/mol. The second-order valence-corrected chi connectivity index (χ2v) is 6.86. The maximum atomic E-state index is 12.6. The summed E-state index contributed by atoms with van der Waals surface area (Å²) >= 11 is 3.62. The Hall–Kier alpha value is -0.910. The van der Waals surface area contributed by atoms with Gasteiger partial charge < -0.3 is 14.8 Å². The molecule has 4 nitrogen and oxygen atoms in total. The summed E-state index contributed by atoms with van der Waals surface area (Å²) in [6.07, 6.45) is 1.39. The molecule has 0 saturated heterocycles. The molecular formula is C17H24BrNO3. The first-order chi connectivity index (χ1) is 10.6. The quantitative estimate of drug-likeness (QED) is 0.811. The average molecular weight is 370 g/mol. The van der Waals surface area contributed by atoms with Crippen molar-refractivity contribution >= 4 is 21.8 Å². The molecule has 1 aromatic carbocycles. The number of hydrogen-bond acceptors (Lipinski definition) is 3. The second kappa shape index (κ2) is 8.09. The minimum Gasteiger partial charge on any atom is -0.380 e. The van der Waals surface area contributed by atoms with E-state index in [1.165, 1.54) is 0 Å². The zero-order valence-corrected chi connectivity index (χ0v) is 14.9. The summed E-state index contributed by atoms with van der Waals surface area (Å²) in [7, 11) is 3.36. The summed E-state index contributed by atoms with van der Waals surface area (Å²) in [6.45, 7) is 2.00. The number of methoxy groups -OCH3 is 2. The molecule has 2 rings (SSSR count). The summed E-state index contributed by atoms with van der Waals surface area (Å²) in [4.78, 5) is 12.7. The van der Waals surface area contributed by atoms with Gasteiger partial charge in [-0.25, -0.2) is 0 Å². The van der Waals surface area contributed by atoms with Crippen LogP contribution in [0.5, 0.6) is 0 Å². The highest BCUT2D eigenvalue weighted by Gasteiger charge is 2.39. The van der Waals surface area contributed by atoms with E-state index in [1.807, 2.05) is 37.3 Å². The molecule has 0 bridgehead atoms. The minimum atomic E-state index is -0.0881. The van der Waals surface area contributed by atoms with Crippen LogP contribution in [0.4, 0.5) is 0 Å². The van der Waals surface area contributed by atoms with Gasteiger partial charge in [0.25, 0.3) is 0 Å². The van der Waals surface area contributed by atoms with E-state index in [-0.39, 0.29) is 34.9 Å². The van der Waals surface area contributed by atoms with Gasteiger partial charge in [0.15, 0.2) is 0 Å². The molecular weight excluding hydrogens is 346 g/mol. The number of hydrogen-bond donors (Lipinski definition) is 1. The normalized spacial score (nSPS) is 29.8. The van der Waals surface area contributed by atoms with Crippen LogP contribution in [0.2, 0.25) is 0 Å². The molecule has 1 fully saturated rings. The van der Waals surface area contributed by atoms with Crippen molar-refractivity contribution in [1.82, 2.24) is 5.32 Å². The first kappa shape index (κ1) is 17.4. The third-order valence-electron chi connectivity index (χ3n) is 4.38. The summed E-state index contributed by atoms with van der Waals surface area (Å²) in [5.41, 5.74) is 1.11. The zero-order valence-electron chi connectivity index (χ0n) is 13.3. The monoisotopic (exact) mass is 369 g/mol. The Morgan fingerprint density at radius 2 is 1.73 bits per heavy atom. The third-order valence-corrected chi connectivity index (χ3v) is 5.56. The number of carbonyl (C=O) groups excluding carboxylic acids is 1. The van der Waals surface area contributed by atoms with Gasteiger partial charge in [-0.3, -0.25) is 4.79 Å². The lowest BCUT2D eigenvalue weighted by Crippen LogP contribution is -2.47. The van der Waals surface area contributed by atoms with E-state index < -0.39 is 0 Å². The van der Waals surface area contributed by atoms with Crippen molar-refractivity contribution in [1.29, 1.82) is 0 Å². The molecule has 1 saturated carbocycles. The van der Waals surface area contributed by atoms with Crippen LogP contribution in [0.25, 0.3) is 0 Å². The number of ether oxygens (including phenoxy) is 2. The Labute approximate surface area is 140 Å². The fourth-order valence-corrected chi connectivity index (χ4v) is 3.84. The van der Waals surface area contributed by atoms with Crippen molar-refractivity contribution in [2.75, 3.05) is 14.2 Å². The molecule has 1 amide bonds. The molecule has 5 heteroatoms. The van der Waals surface area contributed by atoms with E-state index >= 15 is 0 Å². The molecule has 3 atom stereocenters. The van der Waals surface area contributed by atoms with Crippen molar-refractivity contribution in [2.24, 2.45) is 5.92 Å². The van der Waals surface area contributed by atoms with Crippen molar-refractivity contribution in [3.8, 4) is 0 Å². The Morgan fingerprint density at radius 1 is 1.18 bits per heavy atom. The SMILES string of the molecule is COC1CC(C(=O)N[C@H](C)c2ccccc2)CC(OC)C1Br. The molecule has 22 heavy (non-hydrogen) atoms. The number of alkyl halides is 1. The summed E-state index contributed by atoms with van der Waals surface area (Å²) in [5.74, 6) is -0.0188. The van der Waals surface area contributed by atoms with Crippen molar-refractivity contribution in [2.45, 2.75) is 42.8 Å². The van der Waals surface area contributed by atoms with Gasteiger partial charge in [0.05, 0.1) is 23.1 Å². The van der Waals surface area contributed by atoms with Gasteiger partial charge in [-0.15, -0.1) is 0 Å². The van der Waals surface area contributed by atoms with E-state index in [9.17, 15) is 4.79 Å². The van der Waals surface area contributed by atoms with Crippen LogP contribution in [0.3, 0.4) is 0 Å². The molecule has 0 aliphatic heterocycles. The zero-order chi connectivity index (χ0) is 16.1. The lowest BCUT2D eigenvalue weighted by atomic mass is 9.84. The maximum Gasteiger partial charge on any atom is 0.223 e. The number of nitrogens with one attached hydrogen (secondary N) is 1. The number of halogens is 1. The highest BCUT2D eigenvalue weighted by Crippen LogP contribution is 2.33. The number of carbonyl (C=O) groups is 1. The Kier molecular flexibility index (Phi) is 6.41. The van der Waals surface area contributed by atoms with Crippen LogP contribution in [0.1, 0.15) is 31.4 Å². The average Bonchev–Trinajstić information content (AvgIpc) is 2.55. The Morgan fingerprint density at radius 3 is 2.23 bits per heavy atom. The third kappa shape index (κ3) is 4.09. The standard InChI is InChI=1S/C17H24BrNO3/c1-11(12-7-5-4-6-8-12)19-17(20)13-9-14(21-2)16(18)15(10-13)22-3/h4-8,11,13-16H,9-10H2,1-3H3,(H,19,20)/t11-,13?,14?,15?,16?/m1/s1. The molecule has 0 spiro atoms. The van der Waals surface area contributed by atoms with Gasteiger partial charge in [0.2, 0.25) is 5.91 Å². The lowest BCUT2D eigenvalue weighted by Gasteiger charge is -2.37. The molecule has 0 aromatic heterocycles. The van der Waals surface area contributed by atoms with Crippen LogP contribution < -0.4 is 5.32 Å². The van der Waals surface area contributed by atoms with E-state index in [2.05, 4.69) is 21.2 Å². The van der Waals surface area contributed by atoms with E-state index in [0.717, 1.165) is 5.56 Å². The fraction of sp³-hybridized carbons (Fsp3) is 0.588. The van der Waals surface area contributed by atoms with Gasteiger partial charge in [-0.2, -0.15) is 0 Å². The Balaban J connectivity index is 1.99. The van der Waals surface area contributed by atoms with E-state index in [1.54, 1.807) is 14.2 Å².